The molecule has 0 saturated heterocycles. The van der Waals surface area contributed by atoms with Gasteiger partial charge in [-0.1, -0.05) is 48.4 Å². The second-order valence-electron chi connectivity index (χ2n) is 4.08. The van der Waals surface area contributed by atoms with E-state index >= 15 is 0 Å². The van der Waals surface area contributed by atoms with Crippen LogP contribution in [0.25, 0.3) is 10.8 Å². The topological polar surface area (TPSA) is 3.24 Å². The third-order valence-electron chi connectivity index (χ3n) is 3.02. The molecule has 0 spiro atoms. The first-order valence-electron chi connectivity index (χ1n) is 6.16. The van der Waals surface area contributed by atoms with Gasteiger partial charge in [-0.25, -0.2) is 0 Å². The van der Waals surface area contributed by atoms with Crippen molar-refractivity contribution in [3.63, 3.8) is 0 Å². The first-order valence-corrected chi connectivity index (χ1v) is 6.16. The Morgan fingerprint density at radius 1 is 1.17 bits per heavy atom. The number of likely N-dealkylation sites (N-methyl/N-ethyl adjacent to an activating group) is 1. The van der Waals surface area contributed by atoms with Crippen LogP contribution in [0.2, 0.25) is 0 Å². The predicted molar refractivity (Wildman–Crippen MR) is 78.1 cm³/mol. The van der Waals surface area contributed by atoms with Crippen LogP contribution in [-0.2, 0) is 0 Å². The van der Waals surface area contributed by atoms with Crippen molar-refractivity contribution in [1.82, 2.24) is 0 Å². The number of hydrogen-bond acceptors (Lipinski definition) is 1. The predicted octanol–water partition coefficient (Wildman–Crippen LogP) is 3.81. The van der Waals surface area contributed by atoms with Crippen molar-refractivity contribution in [1.29, 1.82) is 0 Å². The summed E-state index contributed by atoms with van der Waals surface area (Å²) in [6, 6.07) is 14.8. The Morgan fingerprint density at radius 2 is 1.94 bits per heavy atom. The summed E-state index contributed by atoms with van der Waals surface area (Å²) in [4.78, 5) is 2.29. The third-order valence-corrected chi connectivity index (χ3v) is 3.02. The molecule has 0 atom stereocenters. The van der Waals surface area contributed by atoms with E-state index in [1.54, 1.807) is 6.08 Å². The third kappa shape index (κ3) is 2.55. The molecule has 0 bridgehead atoms. The number of rotatable bonds is 4. The van der Waals surface area contributed by atoms with E-state index < -0.39 is 0 Å². The van der Waals surface area contributed by atoms with Gasteiger partial charge in [0.15, 0.2) is 0 Å². The molecule has 0 unspecified atom stereocenters. The van der Waals surface area contributed by atoms with Crippen LogP contribution in [0.15, 0.2) is 54.6 Å². The SMILES string of the molecule is [C]#CC=CCN(CC)c1cccc2ccccc12. The fourth-order valence-electron chi connectivity index (χ4n) is 2.12. The van der Waals surface area contributed by atoms with Crippen molar-refractivity contribution in [3.8, 4) is 5.92 Å². The van der Waals surface area contributed by atoms with E-state index in [1.807, 2.05) is 6.08 Å². The van der Waals surface area contributed by atoms with Crippen LogP contribution >= 0.6 is 0 Å². The zero-order chi connectivity index (χ0) is 12.8. The summed E-state index contributed by atoms with van der Waals surface area (Å²) in [6.07, 6.45) is 10.5. The summed E-state index contributed by atoms with van der Waals surface area (Å²) < 4.78 is 0. The Kier molecular flexibility index (Phi) is 4.04. The minimum Gasteiger partial charge on any atom is -0.368 e. The van der Waals surface area contributed by atoms with Crippen molar-refractivity contribution < 1.29 is 0 Å². The van der Waals surface area contributed by atoms with E-state index in [9.17, 15) is 0 Å². The monoisotopic (exact) mass is 234 g/mol. The van der Waals surface area contributed by atoms with Gasteiger partial charge in [-0.3, -0.25) is 0 Å². The summed E-state index contributed by atoms with van der Waals surface area (Å²) in [5.41, 5.74) is 1.24. The normalized spacial score (nSPS) is 10.7. The van der Waals surface area contributed by atoms with Gasteiger partial charge in [0.25, 0.3) is 0 Å². The lowest BCUT2D eigenvalue weighted by atomic mass is 10.1. The minimum absolute atomic E-state index is 0.802. The molecule has 0 amide bonds. The van der Waals surface area contributed by atoms with Gasteiger partial charge in [-0.2, -0.15) is 0 Å². The Morgan fingerprint density at radius 3 is 2.72 bits per heavy atom. The van der Waals surface area contributed by atoms with E-state index in [2.05, 4.69) is 60.2 Å². The van der Waals surface area contributed by atoms with Crippen molar-refractivity contribution in [2.45, 2.75) is 6.92 Å². The van der Waals surface area contributed by atoms with Crippen LogP contribution in [0.4, 0.5) is 5.69 Å². The van der Waals surface area contributed by atoms with Gasteiger partial charge in [0.2, 0.25) is 0 Å². The molecule has 0 aliphatic heterocycles. The van der Waals surface area contributed by atoms with Crippen LogP contribution < -0.4 is 4.90 Å². The number of benzene rings is 2. The van der Waals surface area contributed by atoms with Crippen LogP contribution in [0.5, 0.6) is 0 Å². The second-order valence-corrected chi connectivity index (χ2v) is 4.08. The summed E-state index contributed by atoms with van der Waals surface area (Å²) in [6.45, 7) is 3.89. The molecule has 89 valence electrons. The lowest BCUT2D eigenvalue weighted by molar-refractivity contribution is 0.911. The van der Waals surface area contributed by atoms with E-state index in [0.717, 1.165) is 13.1 Å². The molecule has 1 nitrogen and oxygen atoms in total. The largest absolute Gasteiger partial charge is 0.368 e. The maximum absolute atomic E-state index is 6.88. The van der Waals surface area contributed by atoms with Crippen LogP contribution in [0, 0.1) is 12.3 Å². The zero-order valence-corrected chi connectivity index (χ0v) is 10.6. The number of nitrogens with zero attached hydrogens (tertiary/aromatic N) is 1. The van der Waals surface area contributed by atoms with Gasteiger partial charge in [0, 0.05) is 24.2 Å². The number of allylic oxidation sites excluding steroid dienone is 1. The van der Waals surface area contributed by atoms with Gasteiger partial charge in [-0.15, -0.1) is 0 Å². The second kappa shape index (κ2) is 5.93. The molecule has 0 aromatic heterocycles. The van der Waals surface area contributed by atoms with Gasteiger partial charge in [0.1, 0.15) is 0 Å². The van der Waals surface area contributed by atoms with Crippen molar-refractivity contribution in [2.24, 2.45) is 0 Å². The molecule has 0 aliphatic carbocycles. The summed E-state index contributed by atoms with van der Waals surface area (Å²) in [5.74, 6) is 2.28. The van der Waals surface area contributed by atoms with Crippen molar-refractivity contribution in [3.05, 3.63) is 61.0 Å². The molecule has 2 aromatic rings. The molecule has 2 aromatic carbocycles. The Labute approximate surface area is 109 Å². The first kappa shape index (κ1) is 12.3. The number of hydrogen-bond donors (Lipinski definition) is 0. The van der Waals surface area contributed by atoms with Crippen molar-refractivity contribution >= 4 is 16.5 Å². The lowest BCUT2D eigenvalue weighted by Gasteiger charge is -2.23. The summed E-state index contributed by atoms with van der Waals surface area (Å²) in [7, 11) is 0. The van der Waals surface area contributed by atoms with Gasteiger partial charge in [0.05, 0.1) is 0 Å². The van der Waals surface area contributed by atoms with Crippen LogP contribution in [0.1, 0.15) is 6.92 Å². The van der Waals surface area contributed by atoms with E-state index in [-0.39, 0.29) is 0 Å². The fraction of sp³-hybridized carbons (Fsp3) is 0.176. The fourth-order valence-corrected chi connectivity index (χ4v) is 2.12. The number of fused-ring (bicyclic) bond motifs is 1. The van der Waals surface area contributed by atoms with E-state index in [4.69, 9.17) is 6.42 Å². The Bertz CT molecular complexity index is 585. The van der Waals surface area contributed by atoms with Crippen LogP contribution in [0.3, 0.4) is 0 Å². The van der Waals surface area contributed by atoms with Crippen LogP contribution in [-0.4, -0.2) is 13.1 Å². The maximum atomic E-state index is 6.88. The number of anilines is 1. The molecule has 2 rings (SSSR count). The molecule has 0 heterocycles. The highest BCUT2D eigenvalue weighted by atomic mass is 15.1. The highest BCUT2D eigenvalue weighted by Gasteiger charge is 2.06. The molecule has 1 heteroatoms. The first-order chi connectivity index (χ1) is 8.86. The molecular formula is C17H16N. The average molecular weight is 234 g/mol. The Balaban J connectivity index is 2.39. The molecule has 0 N–H and O–H groups in total. The van der Waals surface area contributed by atoms with E-state index in [1.165, 1.54) is 16.5 Å². The standard InChI is InChI=1S/C17H16N/c1-3-5-8-14-18(4-2)17-13-9-11-15-10-6-7-12-16(15)17/h5-13H,4,14H2,2H3. The maximum Gasteiger partial charge on any atom is 0.0448 e. The highest BCUT2D eigenvalue weighted by Crippen LogP contribution is 2.26. The van der Waals surface area contributed by atoms with Gasteiger partial charge >= 0.3 is 0 Å². The molecule has 18 heavy (non-hydrogen) atoms. The van der Waals surface area contributed by atoms with Gasteiger partial charge < -0.3 is 4.90 Å². The molecule has 0 saturated carbocycles. The quantitative estimate of drug-likeness (QED) is 0.727. The van der Waals surface area contributed by atoms with E-state index in [0.29, 0.717) is 0 Å². The molecule has 0 aliphatic rings. The molecule has 0 fully saturated rings. The Hall–Kier alpha value is -2.20. The summed E-state index contributed by atoms with van der Waals surface area (Å²) in [5, 5.41) is 2.53. The molecular weight excluding hydrogens is 218 g/mol. The smallest absolute Gasteiger partial charge is 0.0448 e. The minimum atomic E-state index is 0.802. The van der Waals surface area contributed by atoms with Crippen molar-refractivity contribution in [2.75, 3.05) is 18.0 Å². The average Bonchev–Trinajstić information content (AvgIpc) is 2.43. The highest BCUT2D eigenvalue weighted by molar-refractivity contribution is 5.94. The zero-order valence-electron chi connectivity index (χ0n) is 10.6. The summed E-state index contributed by atoms with van der Waals surface area (Å²) >= 11 is 0. The lowest BCUT2D eigenvalue weighted by Crippen LogP contribution is -2.22. The van der Waals surface area contributed by atoms with Gasteiger partial charge in [-0.05, 0) is 30.9 Å². The molecule has 1 radical (unpaired) electrons.